The van der Waals surface area contributed by atoms with Crippen LogP contribution in [0.5, 0.6) is 0 Å². The summed E-state index contributed by atoms with van der Waals surface area (Å²) in [6.07, 6.45) is 8.39. The van der Waals surface area contributed by atoms with Crippen LogP contribution in [0.4, 0.5) is 0 Å². The highest BCUT2D eigenvalue weighted by atomic mass is 15.0. The van der Waals surface area contributed by atoms with Gasteiger partial charge in [-0.2, -0.15) is 0 Å². The summed E-state index contributed by atoms with van der Waals surface area (Å²) >= 11 is 0. The molecule has 0 heterocycles. The molecule has 0 amide bonds. The first-order valence-electron chi connectivity index (χ1n) is 5.94. The van der Waals surface area contributed by atoms with Gasteiger partial charge in [0.25, 0.3) is 0 Å². The van der Waals surface area contributed by atoms with Crippen LogP contribution in [0.15, 0.2) is 0 Å². The van der Waals surface area contributed by atoms with Gasteiger partial charge in [-0.15, -0.1) is 0 Å². The largest absolute Gasteiger partial charge is 0.312 e. The number of rotatable bonds is 6. The first kappa shape index (κ1) is 11.0. The zero-order chi connectivity index (χ0) is 9.68. The molecule has 1 aliphatic carbocycles. The Bertz CT molecular complexity index is 127. The van der Waals surface area contributed by atoms with E-state index in [1.165, 1.54) is 38.5 Å². The van der Waals surface area contributed by atoms with Crippen LogP contribution < -0.4 is 5.32 Å². The van der Waals surface area contributed by atoms with Crippen molar-refractivity contribution in [2.45, 2.75) is 71.4 Å². The van der Waals surface area contributed by atoms with Gasteiger partial charge in [-0.05, 0) is 32.1 Å². The van der Waals surface area contributed by atoms with E-state index >= 15 is 0 Å². The second-order valence-corrected chi connectivity index (χ2v) is 5.02. The molecule has 1 unspecified atom stereocenters. The van der Waals surface area contributed by atoms with Gasteiger partial charge in [0.15, 0.2) is 0 Å². The third-order valence-corrected chi connectivity index (χ3v) is 3.04. The Morgan fingerprint density at radius 3 is 2.31 bits per heavy atom. The first-order valence-corrected chi connectivity index (χ1v) is 5.94. The SMILES string of the molecule is CC(C)CCCC(C)NC1CCC1. The average Bonchev–Trinajstić information content (AvgIpc) is 1.96. The highest BCUT2D eigenvalue weighted by Gasteiger charge is 2.18. The summed E-state index contributed by atoms with van der Waals surface area (Å²) in [4.78, 5) is 0. The van der Waals surface area contributed by atoms with Crippen molar-refractivity contribution in [2.75, 3.05) is 0 Å². The minimum Gasteiger partial charge on any atom is -0.312 e. The van der Waals surface area contributed by atoms with E-state index in [0.717, 1.165) is 18.0 Å². The number of nitrogens with one attached hydrogen (secondary N) is 1. The Labute approximate surface area is 83.3 Å². The summed E-state index contributed by atoms with van der Waals surface area (Å²) in [7, 11) is 0. The molecule has 0 aliphatic heterocycles. The molecule has 1 saturated carbocycles. The molecule has 1 aliphatic rings. The minimum absolute atomic E-state index is 0.740. The van der Waals surface area contributed by atoms with Gasteiger partial charge in [0.1, 0.15) is 0 Å². The van der Waals surface area contributed by atoms with Crippen LogP contribution in [0.1, 0.15) is 59.3 Å². The van der Waals surface area contributed by atoms with E-state index in [2.05, 4.69) is 26.1 Å². The molecule has 0 aromatic carbocycles. The molecule has 0 bridgehead atoms. The highest BCUT2D eigenvalue weighted by Crippen LogP contribution is 2.19. The van der Waals surface area contributed by atoms with Crippen LogP contribution in [0.25, 0.3) is 0 Å². The lowest BCUT2D eigenvalue weighted by molar-refractivity contribution is 0.299. The van der Waals surface area contributed by atoms with E-state index in [0.29, 0.717) is 0 Å². The Morgan fingerprint density at radius 1 is 1.15 bits per heavy atom. The average molecular weight is 183 g/mol. The van der Waals surface area contributed by atoms with Crippen LogP contribution in [0.2, 0.25) is 0 Å². The smallest absolute Gasteiger partial charge is 0.00695 e. The molecule has 1 nitrogen and oxygen atoms in total. The quantitative estimate of drug-likeness (QED) is 0.666. The van der Waals surface area contributed by atoms with Crippen LogP contribution in [-0.2, 0) is 0 Å². The predicted octanol–water partition coefficient (Wildman–Crippen LogP) is 3.34. The van der Waals surface area contributed by atoms with Gasteiger partial charge in [0, 0.05) is 12.1 Å². The molecule has 1 rings (SSSR count). The van der Waals surface area contributed by atoms with E-state index < -0.39 is 0 Å². The van der Waals surface area contributed by atoms with Crippen molar-refractivity contribution in [1.82, 2.24) is 5.32 Å². The van der Waals surface area contributed by atoms with Crippen molar-refractivity contribution in [3.8, 4) is 0 Å². The molecule has 1 N–H and O–H groups in total. The zero-order valence-corrected chi connectivity index (χ0v) is 9.47. The van der Waals surface area contributed by atoms with Crippen molar-refractivity contribution in [1.29, 1.82) is 0 Å². The van der Waals surface area contributed by atoms with Gasteiger partial charge in [-0.3, -0.25) is 0 Å². The maximum atomic E-state index is 3.69. The summed E-state index contributed by atoms with van der Waals surface area (Å²) in [5.74, 6) is 0.871. The van der Waals surface area contributed by atoms with Crippen molar-refractivity contribution < 1.29 is 0 Å². The minimum atomic E-state index is 0.740. The van der Waals surface area contributed by atoms with E-state index in [1.807, 2.05) is 0 Å². The maximum absolute atomic E-state index is 3.69. The Kier molecular flexibility index (Phi) is 4.79. The van der Waals surface area contributed by atoms with E-state index in [1.54, 1.807) is 0 Å². The normalized spacial score (nSPS) is 20.3. The molecule has 1 heteroatoms. The van der Waals surface area contributed by atoms with Crippen LogP contribution in [0.3, 0.4) is 0 Å². The summed E-state index contributed by atoms with van der Waals surface area (Å²) in [5.41, 5.74) is 0. The molecule has 0 aromatic rings. The summed E-state index contributed by atoms with van der Waals surface area (Å²) in [6.45, 7) is 6.95. The van der Waals surface area contributed by atoms with Crippen molar-refractivity contribution in [3.63, 3.8) is 0 Å². The second kappa shape index (κ2) is 5.64. The molecule has 78 valence electrons. The van der Waals surface area contributed by atoms with Gasteiger partial charge in [0.2, 0.25) is 0 Å². The third-order valence-electron chi connectivity index (χ3n) is 3.04. The maximum Gasteiger partial charge on any atom is 0.00695 e. The van der Waals surface area contributed by atoms with Crippen LogP contribution >= 0.6 is 0 Å². The second-order valence-electron chi connectivity index (χ2n) is 5.02. The summed E-state index contributed by atoms with van der Waals surface area (Å²) in [6, 6.07) is 1.60. The van der Waals surface area contributed by atoms with E-state index in [-0.39, 0.29) is 0 Å². The first-order chi connectivity index (χ1) is 6.18. The van der Waals surface area contributed by atoms with Crippen molar-refractivity contribution in [2.24, 2.45) is 5.92 Å². The molecule has 0 radical (unpaired) electrons. The van der Waals surface area contributed by atoms with Crippen LogP contribution in [-0.4, -0.2) is 12.1 Å². The molecular weight excluding hydrogens is 158 g/mol. The molecule has 0 aromatic heterocycles. The van der Waals surface area contributed by atoms with Gasteiger partial charge in [-0.25, -0.2) is 0 Å². The topological polar surface area (TPSA) is 12.0 Å². The fourth-order valence-electron chi connectivity index (χ4n) is 1.89. The molecule has 0 spiro atoms. The van der Waals surface area contributed by atoms with Gasteiger partial charge >= 0.3 is 0 Å². The van der Waals surface area contributed by atoms with Gasteiger partial charge in [0.05, 0.1) is 0 Å². The molecule has 0 saturated heterocycles. The van der Waals surface area contributed by atoms with E-state index in [4.69, 9.17) is 0 Å². The lowest BCUT2D eigenvalue weighted by atomic mass is 9.92. The Balaban J connectivity index is 1.93. The monoisotopic (exact) mass is 183 g/mol. The fraction of sp³-hybridized carbons (Fsp3) is 1.00. The van der Waals surface area contributed by atoms with Gasteiger partial charge < -0.3 is 5.32 Å². The molecule has 1 fully saturated rings. The number of hydrogen-bond donors (Lipinski definition) is 1. The zero-order valence-electron chi connectivity index (χ0n) is 9.47. The third kappa shape index (κ3) is 4.66. The molecular formula is C12H25N. The standard InChI is InChI=1S/C12H25N/c1-10(2)6-4-7-11(3)13-12-8-5-9-12/h10-13H,4-9H2,1-3H3. The Hall–Kier alpha value is -0.0400. The van der Waals surface area contributed by atoms with E-state index in [9.17, 15) is 0 Å². The predicted molar refractivity (Wildman–Crippen MR) is 58.9 cm³/mol. The fourth-order valence-corrected chi connectivity index (χ4v) is 1.89. The summed E-state index contributed by atoms with van der Waals surface area (Å²) in [5, 5.41) is 3.69. The molecule has 13 heavy (non-hydrogen) atoms. The summed E-state index contributed by atoms with van der Waals surface area (Å²) < 4.78 is 0. The molecule has 1 atom stereocenters. The van der Waals surface area contributed by atoms with Crippen molar-refractivity contribution in [3.05, 3.63) is 0 Å². The Morgan fingerprint density at radius 2 is 1.85 bits per heavy atom. The van der Waals surface area contributed by atoms with Crippen LogP contribution in [0, 0.1) is 5.92 Å². The lowest BCUT2D eigenvalue weighted by Gasteiger charge is -2.30. The van der Waals surface area contributed by atoms with Gasteiger partial charge in [-0.1, -0.05) is 33.1 Å². The number of hydrogen-bond acceptors (Lipinski definition) is 1. The highest BCUT2D eigenvalue weighted by molar-refractivity contribution is 4.79. The lowest BCUT2D eigenvalue weighted by Crippen LogP contribution is -2.40. The van der Waals surface area contributed by atoms with Crippen molar-refractivity contribution >= 4 is 0 Å².